The van der Waals surface area contributed by atoms with E-state index in [-0.39, 0.29) is 11.9 Å². The van der Waals surface area contributed by atoms with E-state index in [1.165, 1.54) is 11.9 Å². The lowest BCUT2D eigenvalue weighted by molar-refractivity contribution is -0.131. The van der Waals surface area contributed by atoms with Gasteiger partial charge in [-0.15, -0.1) is 0 Å². The van der Waals surface area contributed by atoms with Crippen molar-refractivity contribution < 1.29 is 29.1 Å². The minimum absolute atomic E-state index is 0.222. The minimum Gasteiger partial charge on any atom is -0.492 e. The van der Waals surface area contributed by atoms with E-state index in [0.29, 0.717) is 32.5 Å². The number of carbonyl (C=O) groups is 3. The van der Waals surface area contributed by atoms with Gasteiger partial charge in [0.1, 0.15) is 12.4 Å². The van der Waals surface area contributed by atoms with Crippen molar-refractivity contribution in [3.63, 3.8) is 0 Å². The Morgan fingerprint density at radius 3 is 2.77 bits per heavy atom. The summed E-state index contributed by atoms with van der Waals surface area (Å²) in [5, 5.41) is 9.99. The third kappa shape index (κ3) is 4.60. The molecular formula is C28H33N5O6. The molecule has 0 spiro atoms. The summed E-state index contributed by atoms with van der Waals surface area (Å²) in [6, 6.07) is 5.11. The van der Waals surface area contributed by atoms with Gasteiger partial charge in [0.05, 0.1) is 24.8 Å². The molecule has 1 aromatic carbocycles. The molecule has 0 bridgehead atoms. The molecule has 3 aliphatic heterocycles. The zero-order chi connectivity index (χ0) is 27.1. The van der Waals surface area contributed by atoms with E-state index in [0.717, 1.165) is 66.3 Å². The van der Waals surface area contributed by atoms with Crippen molar-refractivity contribution in [3.8, 4) is 5.75 Å². The third-order valence-corrected chi connectivity index (χ3v) is 8.20. The number of carbonyl (C=O) groups excluding carboxylic acids is 3. The summed E-state index contributed by atoms with van der Waals surface area (Å²) in [5.74, 6) is -0.316. The quantitative estimate of drug-likeness (QED) is 0.316. The summed E-state index contributed by atoms with van der Waals surface area (Å²) in [6.07, 6.45) is 6.77. The Kier molecular flexibility index (Phi) is 6.88. The summed E-state index contributed by atoms with van der Waals surface area (Å²) < 4.78 is 13.7. The number of nitrogens with one attached hydrogen (secondary N) is 1. The Bertz CT molecular complexity index is 1370. The maximum atomic E-state index is 13.3. The second-order valence-corrected chi connectivity index (χ2v) is 10.4. The molecule has 2 N–H and O–H groups in total. The topological polar surface area (TPSA) is 117 Å². The van der Waals surface area contributed by atoms with Gasteiger partial charge in [-0.1, -0.05) is 18.2 Å². The van der Waals surface area contributed by atoms with Crippen LogP contribution >= 0.6 is 0 Å². The van der Waals surface area contributed by atoms with Crippen molar-refractivity contribution in [3.05, 3.63) is 53.3 Å². The third-order valence-electron chi connectivity index (χ3n) is 8.20. The van der Waals surface area contributed by atoms with Crippen LogP contribution in [0.3, 0.4) is 0 Å². The van der Waals surface area contributed by atoms with Gasteiger partial charge >= 0.3 is 6.03 Å². The molecule has 1 aliphatic carbocycles. The number of aromatic nitrogens is 1. The summed E-state index contributed by atoms with van der Waals surface area (Å²) >= 11 is 0. The normalized spacial score (nSPS) is 23.2. The summed E-state index contributed by atoms with van der Waals surface area (Å²) in [5.41, 5.74) is 5.59. The highest BCUT2D eigenvalue weighted by Crippen LogP contribution is 2.42. The van der Waals surface area contributed by atoms with E-state index in [9.17, 15) is 14.4 Å². The van der Waals surface area contributed by atoms with E-state index in [1.54, 1.807) is 16.5 Å². The average molecular weight is 536 g/mol. The van der Waals surface area contributed by atoms with Crippen LogP contribution < -0.4 is 10.2 Å². The smallest absolute Gasteiger partial charge is 0.327 e. The van der Waals surface area contributed by atoms with Crippen LogP contribution in [-0.2, 0) is 27.3 Å². The molecule has 39 heavy (non-hydrogen) atoms. The Hall–Kier alpha value is -3.67. The van der Waals surface area contributed by atoms with Gasteiger partial charge < -0.3 is 18.9 Å². The Morgan fingerprint density at radius 2 is 2.03 bits per heavy atom. The van der Waals surface area contributed by atoms with E-state index in [2.05, 4.69) is 15.5 Å². The number of nitrogens with zero attached hydrogens (tertiary/aromatic N) is 4. The molecule has 2 unspecified atom stereocenters. The van der Waals surface area contributed by atoms with Gasteiger partial charge in [-0.3, -0.25) is 24.6 Å². The number of fused-ring (bicyclic) bond motifs is 5. The second kappa shape index (κ2) is 10.5. The maximum Gasteiger partial charge on any atom is 0.327 e. The van der Waals surface area contributed by atoms with E-state index < -0.39 is 17.9 Å². The minimum atomic E-state index is -0.662. The van der Waals surface area contributed by atoms with Gasteiger partial charge in [0, 0.05) is 50.7 Å². The molecular weight excluding hydrogens is 502 g/mol. The predicted molar refractivity (Wildman–Crippen MR) is 141 cm³/mol. The molecule has 6 rings (SSSR count). The van der Waals surface area contributed by atoms with E-state index in [1.807, 2.05) is 24.3 Å². The molecule has 4 amide bonds. The van der Waals surface area contributed by atoms with Crippen molar-refractivity contribution in [1.82, 2.24) is 24.7 Å². The van der Waals surface area contributed by atoms with Gasteiger partial charge in [0.25, 0.3) is 11.8 Å². The molecule has 2 saturated heterocycles. The van der Waals surface area contributed by atoms with Crippen molar-refractivity contribution >= 4 is 28.7 Å². The SMILES string of the molecule is CN1C(=O)C2c3c(c4cc(OCCN5CCOCC5)ccc4n3CC3=CCC(C(=O)NO)C=C3)CCN2C1=O. The summed E-state index contributed by atoms with van der Waals surface area (Å²) in [7, 11) is 1.54. The average Bonchev–Trinajstić information content (AvgIpc) is 3.39. The number of morpholine rings is 1. The van der Waals surface area contributed by atoms with Crippen molar-refractivity contribution in [1.29, 1.82) is 0 Å². The number of likely N-dealkylation sites (N-methyl/N-ethyl adjacent to an activating group) is 1. The van der Waals surface area contributed by atoms with Crippen molar-refractivity contribution in [2.75, 3.05) is 53.0 Å². The number of urea groups is 1. The number of allylic oxidation sites excluding steroid dienone is 3. The van der Waals surface area contributed by atoms with Crippen LogP contribution in [0.4, 0.5) is 4.79 Å². The van der Waals surface area contributed by atoms with Gasteiger partial charge in [-0.2, -0.15) is 0 Å². The first kappa shape index (κ1) is 25.6. The first-order chi connectivity index (χ1) is 19.0. The fourth-order valence-electron chi connectivity index (χ4n) is 6.05. The lowest BCUT2D eigenvalue weighted by Crippen LogP contribution is -2.38. The Balaban J connectivity index is 1.32. The Labute approximate surface area is 226 Å². The maximum absolute atomic E-state index is 13.3. The van der Waals surface area contributed by atoms with Crippen LogP contribution in [0.15, 0.2) is 42.0 Å². The fourth-order valence-corrected chi connectivity index (χ4v) is 6.05. The molecule has 2 aromatic rings. The number of imide groups is 1. The van der Waals surface area contributed by atoms with Crippen LogP contribution in [0, 0.1) is 5.92 Å². The van der Waals surface area contributed by atoms with E-state index in [4.69, 9.17) is 14.7 Å². The van der Waals surface area contributed by atoms with Crippen molar-refractivity contribution in [2.24, 2.45) is 5.92 Å². The molecule has 11 nitrogen and oxygen atoms in total. The zero-order valence-electron chi connectivity index (χ0n) is 22.0. The van der Waals surface area contributed by atoms with Crippen LogP contribution in [-0.4, -0.2) is 95.4 Å². The van der Waals surface area contributed by atoms with Crippen LogP contribution in [0.25, 0.3) is 10.9 Å². The number of rotatable bonds is 7. The molecule has 4 aliphatic rings. The van der Waals surface area contributed by atoms with Crippen LogP contribution in [0.5, 0.6) is 5.75 Å². The molecule has 0 radical (unpaired) electrons. The lowest BCUT2D eigenvalue weighted by atomic mass is 9.95. The number of hydrogen-bond acceptors (Lipinski definition) is 7. The highest BCUT2D eigenvalue weighted by atomic mass is 16.5. The van der Waals surface area contributed by atoms with Crippen LogP contribution in [0.2, 0.25) is 0 Å². The molecule has 0 saturated carbocycles. The standard InChI is InChI=1S/C28H33N5O6/c1-30-27(35)25-24-21(8-9-32(25)28(30)36)22-16-20(39-15-12-31-10-13-38-14-11-31)6-7-23(22)33(24)17-18-2-4-19(5-3-18)26(34)29-37/h2-4,6-7,16,19,25,37H,5,8-15,17H2,1H3,(H,29,34). The molecule has 11 heteroatoms. The molecule has 4 heterocycles. The predicted octanol–water partition coefficient (Wildman–Crippen LogP) is 1.85. The van der Waals surface area contributed by atoms with E-state index >= 15 is 0 Å². The fraction of sp³-hybridized carbons (Fsp3) is 0.464. The first-order valence-electron chi connectivity index (χ1n) is 13.4. The number of hydroxylamine groups is 1. The van der Waals surface area contributed by atoms with Crippen molar-refractivity contribution in [2.45, 2.75) is 25.4 Å². The molecule has 1 aromatic heterocycles. The highest BCUT2D eigenvalue weighted by Gasteiger charge is 2.48. The van der Waals surface area contributed by atoms with Crippen LogP contribution in [0.1, 0.15) is 23.7 Å². The summed E-state index contributed by atoms with van der Waals surface area (Å²) in [6.45, 7) is 5.69. The van der Waals surface area contributed by atoms with Gasteiger partial charge in [0.15, 0.2) is 6.04 Å². The number of ether oxygens (including phenoxy) is 2. The second-order valence-electron chi connectivity index (χ2n) is 10.4. The number of hydrogen-bond donors (Lipinski definition) is 2. The molecule has 2 atom stereocenters. The molecule has 206 valence electrons. The molecule has 2 fully saturated rings. The van der Waals surface area contributed by atoms with Gasteiger partial charge in [0.2, 0.25) is 0 Å². The van der Waals surface area contributed by atoms with Gasteiger partial charge in [-0.25, -0.2) is 10.3 Å². The Morgan fingerprint density at radius 1 is 1.21 bits per heavy atom. The number of benzene rings is 1. The largest absolute Gasteiger partial charge is 0.492 e. The summed E-state index contributed by atoms with van der Waals surface area (Å²) in [4.78, 5) is 43.1. The number of amides is 4. The monoisotopic (exact) mass is 535 g/mol. The lowest BCUT2D eigenvalue weighted by Gasteiger charge is -2.29. The first-order valence-corrected chi connectivity index (χ1v) is 13.4. The highest BCUT2D eigenvalue weighted by molar-refractivity contribution is 6.05. The van der Waals surface area contributed by atoms with Gasteiger partial charge in [-0.05, 0) is 42.2 Å². The zero-order valence-corrected chi connectivity index (χ0v) is 22.0.